The predicted molar refractivity (Wildman–Crippen MR) is 103 cm³/mol. The Balaban J connectivity index is 1.38. The first kappa shape index (κ1) is 17.5. The fourth-order valence-electron chi connectivity index (χ4n) is 4.90. The standard InChI is InChI=1S/C22H25N3O3/c26-21-16-10-11-17(25(21)12-15-6-2-1-3-7-15)14-24(13-16)22(27)20-18-8-4-5-9-19(18)23-28-20/h1-3,6-7,16-17H,4-5,8-14H2/t16-,17+/m0/s1. The third-order valence-electron chi connectivity index (χ3n) is 6.43. The minimum absolute atomic E-state index is 0.0640. The van der Waals surface area contributed by atoms with E-state index in [0.717, 1.165) is 55.3 Å². The summed E-state index contributed by atoms with van der Waals surface area (Å²) in [6.45, 7) is 1.67. The molecule has 3 saturated heterocycles. The first-order valence-corrected chi connectivity index (χ1v) is 10.3. The highest BCUT2D eigenvalue weighted by Crippen LogP contribution is 2.32. The molecule has 2 aromatic rings. The lowest BCUT2D eigenvalue weighted by atomic mass is 9.93. The van der Waals surface area contributed by atoms with Crippen molar-refractivity contribution < 1.29 is 14.1 Å². The zero-order chi connectivity index (χ0) is 19.1. The molecule has 0 saturated carbocycles. The van der Waals surface area contributed by atoms with Gasteiger partial charge in [0.15, 0.2) is 0 Å². The fraction of sp³-hybridized carbons (Fsp3) is 0.500. The van der Waals surface area contributed by atoms with Crippen molar-refractivity contribution in [3.8, 4) is 0 Å². The van der Waals surface area contributed by atoms with E-state index in [1.165, 1.54) is 0 Å². The molecule has 146 valence electrons. The van der Waals surface area contributed by atoms with Crippen LogP contribution in [0.25, 0.3) is 0 Å². The number of rotatable bonds is 3. The quantitative estimate of drug-likeness (QED) is 0.823. The average molecular weight is 379 g/mol. The summed E-state index contributed by atoms with van der Waals surface area (Å²) in [4.78, 5) is 30.1. The molecule has 2 bridgehead atoms. The van der Waals surface area contributed by atoms with Gasteiger partial charge in [-0.25, -0.2) is 0 Å². The van der Waals surface area contributed by atoms with E-state index >= 15 is 0 Å². The number of fused-ring (bicyclic) bond motifs is 5. The van der Waals surface area contributed by atoms with Crippen molar-refractivity contribution >= 4 is 11.8 Å². The zero-order valence-corrected chi connectivity index (χ0v) is 16.0. The third kappa shape index (κ3) is 3.01. The van der Waals surface area contributed by atoms with E-state index in [-0.39, 0.29) is 23.8 Å². The SMILES string of the molecule is O=C(c1onc2c1CCCC2)N1C[C@@H]2CC[C@H](C1)N(Cc1ccccc1)C2=O. The van der Waals surface area contributed by atoms with Gasteiger partial charge in [0.2, 0.25) is 11.7 Å². The summed E-state index contributed by atoms with van der Waals surface area (Å²) in [6.07, 6.45) is 5.72. The molecule has 1 aromatic carbocycles. The maximum Gasteiger partial charge on any atom is 0.292 e. The number of aromatic nitrogens is 1. The molecule has 1 aromatic heterocycles. The molecule has 0 radical (unpaired) electrons. The Labute approximate surface area is 164 Å². The van der Waals surface area contributed by atoms with Gasteiger partial charge >= 0.3 is 0 Å². The molecular formula is C22H25N3O3. The van der Waals surface area contributed by atoms with Crippen molar-refractivity contribution in [3.05, 3.63) is 52.9 Å². The molecule has 0 unspecified atom stereocenters. The Kier molecular flexibility index (Phi) is 4.41. The number of amides is 2. The van der Waals surface area contributed by atoms with Crippen LogP contribution in [0.4, 0.5) is 0 Å². The van der Waals surface area contributed by atoms with Crippen LogP contribution in [-0.4, -0.2) is 45.9 Å². The molecule has 3 fully saturated rings. The van der Waals surface area contributed by atoms with E-state index in [9.17, 15) is 9.59 Å². The van der Waals surface area contributed by atoms with Crippen molar-refractivity contribution in [1.82, 2.24) is 15.0 Å². The van der Waals surface area contributed by atoms with E-state index in [1.54, 1.807) is 0 Å². The van der Waals surface area contributed by atoms with E-state index in [1.807, 2.05) is 28.0 Å². The van der Waals surface area contributed by atoms with Crippen LogP contribution in [0.5, 0.6) is 0 Å². The molecule has 1 aliphatic carbocycles. The lowest BCUT2D eigenvalue weighted by Crippen LogP contribution is -2.47. The molecule has 6 nitrogen and oxygen atoms in total. The average Bonchev–Trinajstić information content (AvgIpc) is 2.97. The highest BCUT2D eigenvalue weighted by molar-refractivity contribution is 5.94. The van der Waals surface area contributed by atoms with Crippen LogP contribution in [0.1, 0.15) is 53.1 Å². The number of hydrogen-bond donors (Lipinski definition) is 0. The number of benzene rings is 1. The van der Waals surface area contributed by atoms with Crippen LogP contribution in [0, 0.1) is 5.92 Å². The van der Waals surface area contributed by atoms with E-state index in [2.05, 4.69) is 17.3 Å². The Morgan fingerprint density at radius 3 is 2.79 bits per heavy atom. The maximum absolute atomic E-state index is 13.2. The molecule has 2 atom stereocenters. The van der Waals surface area contributed by atoms with Gasteiger partial charge in [-0.3, -0.25) is 9.59 Å². The Morgan fingerprint density at radius 1 is 1.11 bits per heavy atom. The van der Waals surface area contributed by atoms with Gasteiger partial charge in [0.25, 0.3) is 5.91 Å². The smallest absolute Gasteiger partial charge is 0.292 e. The van der Waals surface area contributed by atoms with Gasteiger partial charge in [-0.1, -0.05) is 35.5 Å². The van der Waals surface area contributed by atoms with Crippen molar-refractivity contribution in [2.75, 3.05) is 13.1 Å². The Bertz CT molecular complexity index is 892. The molecule has 0 spiro atoms. The summed E-state index contributed by atoms with van der Waals surface area (Å²) in [7, 11) is 0. The third-order valence-corrected chi connectivity index (χ3v) is 6.43. The molecule has 6 rings (SSSR count). The number of carbonyl (C=O) groups is 2. The monoisotopic (exact) mass is 379 g/mol. The summed E-state index contributed by atoms with van der Waals surface area (Å²) in [5.41, 5.74) is 3.06. The minimum Gasteiger partial charge on any atom is -0.350 e. The lowest BCUT2D eigenvalue weighted by Gasteiger charge is -2.36. The van der Waals surface area contributed by atoms with Crippen molar-refractivity contribution in [2.45, 2.75) is 51.1 Å². The zero-order valence-electron chi connectivity index (χ0n) is 16.0. The van der Waals surface area contributed by atoms with Crippen LogP contribution < -0.4 is 0 Å². The molecule has 0 N–H and O–H groups in total. The molecule has 3 aliphatic heterocycles. The van der Waals surface area contributed by atoms with E-state index in [4.69, 9.17) is 4.52 Å². The fourth-order valence-corrected chi connectivity index (χ4v) is 4.90. The first-order chi connectivity index (χ1) is 13.7. The van der Waals surface area contributed by atoms with Crippen LogP contribution in [0.2, 0.25) is 0 Å². The number of nitrogens with zero attached hydrogens (tertiary/aromatic N) is 3. The molecule has 28 heavy (non-hydrogen) atoms. The first-order valence-electron chi connectivity index (χ1n) is 10.3. The summed E-state index contributed by atoms with van der Waals surface area (Å²) < 4.78 is 5.47. The number of aryl methyl sites for hydroxylation is 1. The van der Waals surface area contributed by atoms with Gasteiger partial charge in [-0.15, -0.1) is 0 Å². The maximum atomic E-state index is 13.2. The van der Waals surface area contributed by atoms with Crippen LogP contribution in [0.15, 0.2) is 34.9 Å². The van der Waals surface area contributed by atoms with Crippen molar-refractivity contribution in [2.24, 2.45) is 5.92 Å². The van der Waals surface area contributed by atoms with Gasteiger partial charge in [0, 0.05) is 31.2 Å². The van der Waals surface area contributed by atoms with E-state index < -0.39 is 0 Å². The molecule has 4 heterocycles. The summed E-state index contributed by atoms with van der Waals surface area (Å²) in [5, 5.41) is 4.14. The van der Waals surface area contributed by atoms with Crippen LogP contribution >= 0.6 is 0 Å². The van der Waals surface area contributed by atoms with Crippen LogP contribution in [0.3, 0.4) is 0 Å². The highest BCUT2D eigenvalue weighted by Gasteiger charge is 2.43. The van der Waals surface area contributed by atoms with Crippen LogP contribution in [-0.2, 0) is 24.2 Å². The largest absolute Gasteiger partial charge is 0.350 e. The van der Waals surface area contributed by atoms with Gasteiger partial charge in [-0.2, -0.15) is 0 Å². The summed E-state index contributed by atoms with van der Waals surface area (Å²) in [5.74, 6) is 0.361. The molecule has 6 heteroatoms. The second kappa shape index (κ2) is 7.08. The van der Waals surface area contributed by atoms with Crippen molar-refractivity contribution in [1.29, 1.82) is 0 Å². The highest BCUT2D eigenvalue weighted by atomic mass is 16.5. The normalized spacial score (nSPS) is 24.2. The number of hydrogen-bond acceptors (Lipinski definition) is 4. The lowest BCUT2D eigenvalue weighted by molar-refractivity contribution is -0.140. The van der Waals surface area contributed by atoms with Gasteiger partial charge in [0.05, 0.1) is 11.6 Å². The van der Waals surface area contributed by atoms with Gasteiger partial charge in [0.1, 0.15) is 0 Å². The molecule has 4 aliphatic rings. The number of carbonyl (C=O) groups excluding carboxylic acids is 2. The Hall–Kier alpha value is -2.63. The van der Waals surface area contributed by atoms with Gasteiger partial charge in [-0.05, 0) is 44.1 Å². The second-order valence-corrected chi connectivity index (χ2v) is 8.23. The number of piperidine rings is 1. The Morgan fingerprint density at radius 2 is 1.93 bits per heavy atom. The molecule has 2 amide bonds. The predicted octanol–water partition coefficient (Wildman–Crippen LogP) is 2.82. The van der Waals surface area contributed by atoms with Gasteiger partial charge < -0.3 is 14.3 Å². The second-order valence-electron chi connectivity index (χ2n) is 8.23. The summed E-state index contributed by atoms with van der Waals surface area (Å²) >= 11 is 0. The topological polar surface area (TPSA) is 66.7 Å². The van der Waals surface area contributed by atoms with Crippen molar-refractivity contribution in [3.63, 3.8) is 0 Å². The van der Waals surface area contributed by atoms with E-state index in [0.29, 0.717) is 25.4 Å². The minimum atomic E-state index is -0.120. The summed E-state index contributed by atoms with van der Waals surface area (Å²) in [6, 6.07) is 10.1. The molecular weight excluding hydrogens is 354 g/mol.